The van der Waals surface area contributed by atoms with Gasteiger partial charge in [0.2, 0.25) is 10.0 Å². The molecular weight excluding hydrogens is 519 g/mol. The number of rotatable bonds is 6. The number of fused-ring (bicyclic) bond motifs is 1. The van der Waals surface area contributed by atoms with Gasteiger partial charge in [0.25, 0.3) is 0 Å². The molecule has 168 valence electrons. The van der Waals surface area contributed by atoms with Gasteiger partial charge in [0.1, 0.15) is 0 Å². The van der Waals surface area contributed by atoms with Crippen LogP contribution < -0.4 is 9.62 Å². The van der Waals surface area contributed by atoms with Crippen molar-refractivity contribution in [2.45, 2.75) is 26.2 Å². The number of esters is 1. The van der Waals surface area contributed by atoms with Crippen molar-refractivity contribution in [3.63, 3.8) is 0 Å². The van der Waals surface area contributed by atoms with Gasteiger partial charge in [0, 0.05) is 26.2 Å². The van der Waals surface area contributed by atoms with E-state index in [1.54, 1.807) is 0 Å². The highest BCUT2D eigenvalue weighted by molar-refractivity contribution is 14.0. The quantitative estimate of drug-likeness (QED) is 0.252. The van der Waals surface area contributed by atoms with Gasteiger partial charge in [-0.1, -0.05) is 18.2 Å². The molecule has 1 aromatic carbocycles. The largest absolute Gasteiger partial charge is 0.469 e. The van der Waals surface area contributed by atoms with Gasteiger partial charge in [-0.15, -0.1) is 24.0 Å². The number of likely N-dealkylation sites (tertiary alicyclic amines) is 1. The van der Waals surface area contributed by atoms with Gasteiger partial charge in [-0.3, -0.25) is 14.1 Å². The summed E-state index contributed by atoms with van der Waals surface area (Å²) in [4.78, 5) is 18.3. The Kier molecular flexibility index (Phi) is 9.20. The Balaban J connectivity index is 0.00000320. The lowest BCUT2D eigenvalue weighted by atomic mass is 9.97. The molecule has 2 aliphatic rings. The Hall–Kier alpha value is -1.56. The predicted molar refractivity (Wildman–Crippen MR) is 129 cm³/mol. The van der Waals surface area contributed by atoms with Crippen molar-refractivity contribution < 1.29 is 17.9 Å². The number of nitrogens with zero attached hydrogens (tertiary/aromatic N) is 3. The number of aliphatic imine (C=N–C) groups is 1. The molecule has 8 nitrogen and oxygen atoms in total. The molecule has 1 saturated heterocycles. The van der Waals surface area contributed by atoms with Crippen molar-refractivity contribution in [3.8, 4) is 0 Å². The number of hydrogen-bond donors (Lipinski definition) is 1. The molecule has 0 atom stereocenters. The van der Waals surface area contributed by atoms with Crippen molar-refractivity contribution >= 4 is 51.6 Å². The average Bonchev–Trinajstić information content (AvgIpc) is 3.18. The lowest BCUT2D eigenvalue weighted by molar-refractivity contribution is -0.146. The van der Waals surface area contributed by atoms with Crippen LogP contribution in [0, 0.1) is 5.92 Å². The molecule has 0 saturated carbocycles. The van der Waals surface area contributed by atoms with Gasteiger partial charge >= 0.3 is 5.97 Å². The van der Waals surface area contributed by atoms with E-state index in [0.29, 0.717) is 45.0 Å². The van der Waals surface area contributed by atoms with Crippen molar-refractivity contribution in [1.29, 1.82) is 0 Å². The number of piperidine rings is 1. The van der Waals surface area contributed by atoms with Crippen molar-refractivity contribution in [2.75, 3.05) is 49.9 Å². The lowest BCUT2D eigenvalue weighted by Gasteiger charge is -2.33. The lowest BCUT2D eigenvalue weighted by Crippen LogP contribution is -2.47. The summed E-state index contributed by atoms with van der Waals surface area (Å²) in [6.45, 7) is 4.75. The first-order chi connectivity index (χ1) is 14.0. The standard InChI is InChI=1S/C20H30N4O4S.HI/c1-3-21-20(23-12-8-17(9-13-23)19(25)28-2)22-11-15-29(26,27)24-14-10-16-6-4-5-7-18(16)24;/h4-7,17H,3,8-15H2,1-2H3,(H,21,22);1H. The molecule has 0 unspecified atom stereocenters. The number of ether oxygens (including phenoxy) is 1. The SMILES string of the molecule is CCNC(=NCCS(=O)(=O)N1CCc2ccccc21)N1CCC(C(=O)OC)CC1.I. The molecule has 2 heterocycles. The number of carbonyl (C=O) groups is 1. The van der Waals surface area contributed by atoms with Gasteiger partial charge in [-0.2, -0.15) is 0 Å². The predicted octanol–water partition coefficient (Wildman–Crippen LogP) is 1.85. The smallest absolute Gasteiger partial charge is 0.308 e. The average molecular weight is 550 g/mol. The Bertz CT molecular complexity index is 854. The number of guanidine groups is 1. The van der Waals surface area contributed by atoms with Crippen molar-refractivity contribution in [1.82, 2.24) is 10.2 Å². The molecule has 0 aromatic heterocycles. The number of para-hydroxylation sites is 1. The zero-order chi connectivity index (χ0) is 20.9. The molecule has 3 rings (SSSR count). The minimum Gasteiger partial charge on any atom is -0.469 e. The van der Waals surface area contributed by atoms with Crippen LogP contribution in [0.25, 0.3) is 0 Å². The van der Waals surface area contributed by atoms with E-state index in [4.69, 9.17) is 4.74 Å². The number of nitrogens with one attached hydrogen (secondary N) is 1. The second-order valence-electron chi connectivity index (χ2n) is 7.29. The minimum absolute atomic E-state index is 0. The fraction of sp³-hybridized carbons (Fsp3) is 0.600. The van der Waals surface area contributed by atoms with Gasteiger partial charge < -0.3 is 15.0 Å². The second-order valence-corrected chi connectivity index (χ2v) is 9.30. The first-order valence-corrected chi connectivity index (χ1v) is 11.8. The van der Waals surface area contributed by atoms with E-state index in [1.807, 2.05) is 31.2 Å². The molecule has 1 aromatic rings. The Morgan fingerprint density at radius 3 is 2.60 bits per heavy atom. The monoisotopic (exact) mass is 550 g/mol. The first kappa shape index (κ1) is 24.7. The highest BCUT2D eigenvalue weighted by atomic mass is 127. The third kappa shape index (κ3) is 5.77. The molecular formula is C20H31IN4O4S. The van der Waals surface area contributed by atoms with E-state index in [-0.39, 0.29) is 48.2 Å². The zero-order valence-electron chi connectivity index (χ0n) is 17.5. The normalized spacial score (nSPS) is 17.3. The van der Waals surface area contributed by atoms with Gasteiger partial charge in [-0.05, 0) is 37.8 Å². The van der Waals surface area contributed by atoms with E-state index in [0.717, 1.165) is 17.7 Å². The molecule has 0 aliphatic carbocycles. The van der Waals surface area contributed by atoms with Crippen LogP contribution in [0.1, 0.15) is 25.3 Å². The minimum atomic E-state index is -3.42. The van der Waals surface area contributed by atoms with E-state index >= 15 is 0 Å². The number of methoxy groups -OCH3 is 1. The molecule has 1 fully saturated rings. The Morgan fingerprint density at radius 2 is 1.93 bits per heavy atom. The Labute approximate surface area is 196 Å². The third-order valence-electron chi connectivity index (χ3n) is 5.46. The highest BCUT2D eigenvalue weighted by Gasteiger charge is 2.29. The van der Waals surface area contributed by atoms with Gasteiger partial charge in [-0.25, -0.2) is 8.42 Å². The second kappa shape index (κ2) is 11.2. The molecule has 0 bridgehead atoms. The fourth-order valence-electron chi connectivity index (χ4n) is 3.89. The fourth-order valence-corrected chi connectivity index (χ4v) is 5.28. The maximum atomic E-state index is 12.8. The van der Waals surface area contributed by atoms with Crippen LogP contribution in [-0.4, -0.2) is 70.8 Å². The first-order valence-electron chi connectivity index (χ1n) is 10.2. The maximum Gasteiger partial charge on any atom is 0.308 e. The summed E-state index contributed by atoms with van der Waals surface area (Å²) in [7, 11) is -2.00. The molecule has 10 heteroatoms. The summed E-state index contributed by atoms with van der Waals surface area (Å²) < 4.78 is 32.0. The maximum absolute atomic E-state index is 12.8. The van der Waals surface area contributed by atoms with Crippen LogP contribution in [0.2, 0.25) is 0 Å². The molecule has 0 spiro atoms. The van der Waals surface area contributed by atoms with Crippen LogP contribution in [0.5, 0.6) is 0 Å². The molecule has 30 heavy (non-hydrogen) atoms. The summed E-state index contributed by atoms with van der Waals surface area (Å²) in [6.07, 6.45) is 2.16. The third-order valence-corrected chi connectivity index (χ3v) is 7.20. The summed E-state index contributed by atoms with van der Waals surface area (Å²) in [5, 5.41) is 3.23. The number of sulfonamides is 1. The highest BCUT2D eigenvalue weighted by Crippen LogP contribution is 2.30. The summed E-state index contributed by atoms with van der Waals surface area (Å²) in [5.41, 5.74) is 1.86. The van der Waals surface area contributed by atoms with Crippen LogP contribution in [0.15, 0.2) is 29.3 Å². The summed E-state index contributed by atoms with van der Waals surface area (Å²) in [5.74, 6) is 0.431. The molecule has 1 N–H and O–H groups in total. The van der Waals surface area contributed by atoms with Crippen LogP contribution >= 0.6 is 24.0 Å². The number of hydrogen-bond acceptors (Lipinski definition) is 5. The Morgan fingerprint density at radius 1 is 1.23 bits per heavy atom. The topological polar surface area (TPSA) is 91.3 Å². The number of anilines is 1. The van der Waals surface area contributed by atoms with Crippen LogP contribution in [0.3, 0.4) is 0 Å². The summed E-state index contributed by atoms with van der Waals surface area (Å²) >= 11 is 0. The number of halogens is 1. The van der Waals surface area contributed by atoms with Crippen LogP contribution in [-0.2, 0) is 26.0 Å². The zero-order valence-corrected chi connectivity index (χ0v) is 20.7. The number of benzene rings is 1. The number of carbonyl (C=O) groups excluding carboxylic acids is 1. The van der Waals surface area contributed by atoms with Crippen LogP contribution in [0.4, 0.5) is 5.69 Å². The molecule has 0 radical (unpaired) electrons. The molecule has 0 amide bonds. The van der Waals surface area contributed by atoms with E-state index in [2.05, 4.69) is 15.2 Å². The summed E-state index contributed by atoms with van der Waals surface area (Å²) in [6, 6.07) is 7.64. The van der Waals surface area contributed by atoms with Gasteiger partial charge in [0.05, 0.1) is 31.0 Å². The van der Waals surface area contributed by atoms with E-state index < -0.39 is 10.0 Å². The van der Waals surface area contributed by atoms with Crippen molar-refractivity contribution in [3.05, 3.63) is 29.8 Å². The van der Waals surface area contributed by atoms with Crippen molar-refractivity contribution in [2.24, 2.45) is 10.9 Å². The van der Waals surface area contributed by atoms with Gasteiger partial charge in [0.15, 0.2) is 5.96 Å². The van der Waals surface area contributed by atoms with E-state index in [9.17, 15) is 13.2 Å². The molecule has 2 aliphatic heterocycles. The van der Waals surface area contributed by atoms with E-state index in [1.165, 1.54) is 11.4 Å².